The molecule has 0 N–H and O–H groups in total. The summed E-state index contributed by atoms with van der Waals surface area (Å²) in [6, 6.07) is 12.2. The number of nitroso groups, excluding NO2 is 1. The van der Waals surface area contributed by atoms with Gasteiger partial charge in [-0.25, -0.2) is 23.1 Å². The molecule has 5 rings (SSSR count). The van der Waals surface area contributed by atoms with Crippen LogP contribution in [0.5, 0.6) is 0 Å². The molecule has 3 heterocycles. The van der Waals surface area contributed by atoms with Crippen LogP contribution >= 0.6 is 0 Å². The lowest BCUT2D eigenvalue weighted by atomic mass is 10.1. The van der Waals surface area contributed by atoms with E-state index < -0.39 is 29.6 Å². The zero-order valence-corrected chi connectivity index (χ0v) is 16.5. The summed E-state index contributed by atoms with van der Waals surface area (Å²) in [4.78, 5) is 23.3. The second kappa shape index (κ2) is 7.84. The molecular weight excluding hydrogens is 419 g/mol. The lowest BCUT2D eigenvalue weighted by Crippen LogP contribution is -2.03. The molecule has 0 fully saturated rings. The number of hydrogen-bond donors (Lipinski definition) is 0. The van der Waals surface area contributed by atoms with Crippen LogP contribution in [0.2, 0.25) is 0 Å². The van der Waals surface area contributed by atoms with Crippen LogP contribution in [0.3, 0.4) is 0 Å². The van der Waals surface area contributed by atoms with Crippen molar-refractivity contribution in [3.8, 4) is 11.3 Å². The minimum Gasteiger partial charge on any atom is -0.311 e. The highest BCUT2D eigenvalue weighted by molar-refractivity contribution is 5.79. The van der Waals surface area contributed by atoms with Crippen LogP contribution in [0.4, 0.5) is 13.2 Å². The zero-order chi connectivity index (χ0) is 22.2. The van der Waals surface area contributed by atoms with Gasteiger partial charge >= 0.3 is 0 Å². The van der Waals surface area contributed by atoms with Gasteiger partial charge in [0.2, 0.25) is 0 Å². The molecule has 0 aliphatic rings. The monoisotopic (exact) mass is 433 g/mol. The normalized spacial score (nSPS) is 11.3. The summed E-state index contributed by atoms with van der Waals surface area (Å²) in [5, 5.41) is 3.35. The Morgan fingerprint density at radius 1 is 0.906 bits per heavy atom. The van der Waals surface area contributed by atoms with Crippen LogP contribution in [-0.4, -0.2) is 19.5 Å². The SMILES string of the molecule is O=NCc1c(F)cc(-c2ccc3ncn(Cc4cc5cccnc5cc4F)c3n2)cc1F. The fraction of sp³-hybridized carbons (Fsp3) is 0.0870. The maximum Gasteiger partial charge on any atom is 0.160 e. The first kappa shape index (κ1) is 19.8. The Morgan fingerprint density at radius 2 is 1.72 bits per heavy atom. The summed E-state index contributed by atoms with van der Waals surface area (Å²) in [6.07, 6.45) is 3.14. The van der Waals surface area contributed by atoms with Crippen LogP contribution in [0.25, 0.3) is 33.3 Å². The average molecular weight is 433 g/mol. The summed E-state index contributed by atoms with van der Waals surface area (Å²) >= 11 is 0. The molecule has 0 radical (unpaired) electrons. The third kappa shape index (κ3) is 3.47. The summed E-state index contributed by atoms with van der Waals surface area (Å²) in [5.74, 6) is -2.15. The van der Waals surface area contributed by atoms with Crippen LogP contribution in [-0.2, 0) is 13.1 Å². The van der Waals surface area contributed by atoms with E-state index in [-0.39, 0.29) is 12.1 Å². The topological polar surface area (TPSA) is 73.0 Å². The van der Waals surface area contributed by atoms with Gasteiger partial charge in [0.05, 0.1) is 24.1 Å². The van der Waals surface area contributed by atoms with Crippen LogP contribution in [0.15, 0.2) is 66.2 Å². The van der Waals surface area contributed by atoms with E-state index >= 15 is 0 Å². The zero-order valence-electron chi connectivity index (χ0n) is 16.5. The van der Waals surface area contributed by atoms with Crippen molar-refractivity contribution in [3.05, 3.63) is 94.5 Å². The highest BCUT2D eigenvalue weighted by Gasteiger charge is 2.15. The molecule has 6 nitrogen and oxygen atoms in total. The van der Waals surface area contributed by atoms with Crippen molar-refractivity contribution in [1.82, 2.24) is 19.5 Å². The van der Waals surface area contributed by atoms with E-state index in [1.165, 1.54) is 12.4 Å². The first-order valence-corrected chi connectivity index (χ1v) is 9.66. The Bertz CT molecular complexity index is 1480. The molecule has 0 atom stereocenters. The first-order valence-electron chi connectivity index (χ1n) is 9.66. The van der Waals surface area contributed by atoms with Gasteiger partial charge in [-0.1, -0.05) is 11.2 Å². The Labute approximate surface area is 179 Å². The molecule has 0 aliphatic carbocycles. The Kier molecular flexibility index (Phi) is 4.85. The molecule has 158 valence electrons. The van der Waals surface area contributed by atoms with E-state index in [0.717, 1.165) is 17.5 Å². The van der Waals surface area contributed by atoms with E-state index in [9.17, 15) is 18.1 Å². The number of rotatable bonds is 5. The third-order valence-corrected chi connectivity index (χ3v) is 5.23. The van der Waals surface area contributed by atoms with Crippen molar-refractivity contribution >= 4 is 22.1 Å². The lowest BCUT2D eigenvalue weighted by Gasteiger charge is -2.09. The number of aromatic nitrogens is 4. The summed E-state index contributed by atoms with van der Waals surface area (Å²) in [6.45, 7) is -0.430. The molecule has 0 amide bonds. The van der Waals surface area contributed by atoms with Gasteiger partial charge in [0.25, 0.3) is 0 Å². The fourth-order valence-corrected chi connectivity index (χ4v) is 3.63. The number of hydrogen-bond acceptors (Lipinski definition) is 5. The largest absolute Gasteiger partial charge is 0.311 e. The van der Waals surface area contributed by atoms with E-state index in [2.05, 4.69) is 20.1 Å². The molecule has 9 heteroatoms. The molecule has 0 saturated carbocycles. The highest BCUT2D eigenvalue weighted by Crippen LogP contribution is 2.26. The molecule has 0 spiro atoms. The number of nitrogens with zero attached hydrogens (tertiary/aromatic N) is 5. The second-order valence-corrected chi connectivity index (χ2v) is 7.26. The van der Waals surface area contributed by atoms with Crippen molar-refractivity contribution < 1.29 is 13.2 Å². The van der Waals surface area contributed by atoms with Gasteiger partial charge in [0.15, 0.2) is 5.65 Å². The van der Waals surface area contributed by atoms with E-state index in [1.807, 2.05) is 6.07 Å². The summed E-state index contributed by atoms with van der Waals surface area (Å²) < 4.78 is 44.8. The van der Waals surface area contributed by atoms with Crippen molar-refractivity contribution in [2.45, 2.75) is 13.1 Å². The van der Waals surface area contributed by atoms with Gasteiger partial charge in [-0.3, -0.25) is 4.98 Å². The fourth-order valence-electron chi connectivity index (χ4n) is 3.63. The molecule has 32 heavy (non-hydrogen) atoms. The standard InChI is InChI=1S/C23H14F3N5O/c24-17-9-22-13(2-1-5-27-22)6-15(17)11-31-12-28-21-4-3-20(30-23(21)31)14-7-18(25)16(10-29-32)19(26)8-14/h1-9,12H,10-11H2. The third-order valence-electron chi connectivity index (χ3n) is 5.23. The van der Waals surface area contributed by atoms with Crippen LogP contribution in [0, 0.1) is 22.4 Å². The van der Waals surface area contributed by atoms with Gasteiger partial charge in [-0.2, -0.15) is 4.91 Å². The molecule has 0 saturated heterocycles. The van der Waals surface area contributed by atoms with Crippen LogP contribution < -0.4 is 0 Å². The van der Waals surface area contributed by atoms with Crippen molar-refractivity contribution in [2.75, 3.05) is 0 Å². The number of halogens is 3. The van der Waals surface area contributed by atoms with Crippen molar-refractivity contribution in [1.29, 1.82) is 0 Å². The van der Waals surface area contributed by atoms with E-state index in [1.54, 1.807) is 35.0 Å². The molecular formula is C23H14F3N5O. The van der Waals surface area contributed by atoms with Gasteiger partial charge in [0, 0.05) is 34.3 Å². The van der Waals surface area contributed by atoms with Gasteiger partial charge in [-0.05, 0) is 36.4 Å². The average Bonchev–Trinajstić information content (AvgIpc) is 3.18. The second-order valence-electron chi connectivity index (χ2n) is 7.26. The molecule has 5 aromatic rings. The Hall–Kier alpha value is -4.14. The minimum atomic E-state index is -0.873. The molecule has 3 aromatic heterocycles. The predicted octanol–water partition coefficient (Wildman–Crippen LogP) is 5.38. The molecule has 0 aliphatic heterocycles. The smallest absolute Gasteiger partial charge is 0.160 e. The first-order chi connectivity index (χ1) is 15.5. The predicted molar refractivity (Wildman–Crippen MR) is 113 cm³/mol. The molecule has 0 unspecified atom stereocenters. The molecule has 2 aromatic carbocycles. The number of fused-ring (bicyclic) bond motifs is 2. The van der Waals surface area contributed by atoms with E-state index in [4.69, 9.17) is 0 Å². The highest BCUT2D eigenvalue weighted by atomic mass is 19.1. The van der Waals surface area contributed by atoms with Crippen LogP contribution in [0.1, 0.15) is 11.1 Å². The van der Waals surface area contributed by atoms with Gasteiger partial charge < -0.3 is 4.57 Å². The Morgan fingerprint density at radius 3 is 2.50 bits per heavy atom. The van der Waals surface area contributed by atoms with Crippen molar-refractivity contribution in [3.63, 3.8) is 0 Å². The number of imidazole rings is 1. The molecule has 0 bridgehead atoms. The lowest BCUT2D eigenvalue weighted by molar-refractivity contribution is 0.557. The van der Waals surface area contributed by atoms with Gasteiger partial charge in [0.1, 0.15) is 29.5 Å². The maximum atomic E-state index is 14.6. The van der Waals surface area contributed by atoms with Gasteiger partial charge in [-0.15, -0.1) is 0 Å². The minimum absolute atomic E-state index is 0.163. The maximum absolute atomic E-state index is 14.6. The number of pyridine rings is 2. The number of benzene rings is 2. The summed E-state index contributed by atoms with van der Waals surface area (Å²) in [7, 11) is 0. The van der Waals surface area contributed by atoms with E-state index in [0.29, 0.717) is 27.9 Å². The van der Waals surface area contributed by atoms with Crippen molar-refractivity contribution in [2.24, 2.45) is 5.18 Å². The summed E-state index contributed by atoms with van der Waals surface area (Å²) in [5.41, 5.74) is 2.10. The Balaban J connectivity index is 1.55. The quantitative estimate of drug-likeness (QED) is 0.349.